The minimum Gasteiger partial charge on any atom is -0.316 e. The summed E-state index contributed by atoms with van der Waals surface area (Å²) >= 11 is 0. The van der Waals surface area contributed by atoms with E-state index in [0.29, 0.717) is 54.3 Å². The summed E-state index contributed by atoms with van der Waals surface area (Å²) in [5, 5.41) is 7.03. The number of nitrogens with one attached hydrogen (secondary N) is 2. The molecule has 0 aromatic carbocycles. The van der Waals surface area contributed by atoms with Crippen molar-refractivity contribution in [1.29, 1.82) is 0 Å². The van der Waals surface area contributed by atoms with Gasteiger partial charge in [0, 0.05) is 12.1 Å². The van der Waals surface area contributed by atoms with E-state index >= 15 is 0 Å². The summed E-state index contributed by atoms with van der Waals surface area (Å²) in [5.41, 5.74) is 6.93. The topological polar surface area (TPSA) is 24.1 Å². The molecule has 2 heteroatoms. The van der Waals surface area contributed by atoms with Crippen LogP contribution in [0.5, 0.6) is 0 Å². The molecular weight excluding hydrogens is 1280 g/mol. The van der Waals surface area contributed by atoms with Crippen molar-refractivity contribution in [3.63, 3.8) is 0 Å². The van der Waals surface area contributed by atoms with Gasteiger partial charge in [0.2, 0.25) is 0 Å². The summed E-state index contributed by atoms with van der Waals surface area (Å²) in [5.74, 6) is 10.2. The molecule has 0 spiro atoms. The first-order valence-electron chi connectivity index (χ1n) is 48.4. The van der Waals surface area contributed by atoms with Gasteiger partial charge in [0.25, 0.3) is 0 Å². The number of hydrogen-bond donors (Lipinski definition) is 2. The Hall–Kier alpha value is -0.0800. The third-order valence-electron chi connectivity index (χ3n) is 30.1. The molecule has 6 aliphatic carbocycles. The van der Waals surface area contributed by atoms with Crippen molar-refractivity contribution in [3.8, 4) is 0 Å². The van der Waals surface area contributed by atoms with Crippen LogP contribution in [-0.4, -0.2) is 25.2 Å². The van der Waals surface area contributed by atoms with Gasteiger partial charge >= 0.3 is 0 Å². The van der Waals surface area contributed by atoms with Crippen LogP contribution >= 0.6 is 0 Å². The van der Waals surface area contributed by atoms with Gasteiger partial charge in [0.15, 0.2) is 0 Å². The molecule has 0 unspecified atom stereocenters. The van der Waals surface area contributed by atoms with Gasteiger partial charge in [0.1, 0.15) is 0 Å². The molecule has 8 aliphatic rings. The molecule has 2 nitrogen and oxygen atoms in total. The summed E-state index contributed by atoms with van der Waals surface area (Å²) in [4.78, 5) is 0. The lowest BCUT2D eigenvalue weighted by Crippen LogP contribution is -2.63. The zero-order valence-corrected chi connectivity index (χ0v) is 85.7. The largest absolute Gasteiger partial charge is 0.316 e. The van der Waals surface area contributed by atoms with E-state index in [1.807, 2.05) is 111 Å². The van der Waals surface area contributed by atoms with Crippen molar-refractivity contribution in [2.45, 2.75) is 526 Å². The second-order valence-corrected chi connectivity index (χ2v) is 40.7. The highest BCUT2D eigenvalue weighted by Gasteiger charge is 2.54. The van der Waals surface area contributed by atoms with Gasteiger partial charge in [-0.15, -0.1) is 0 Å². The molecule has 0 bridgehead atoms. The van der Waals surface area contributed by atoms with Crippen LogP contribution in [0.15, 0.2) is 0 Å². The Bertz CT molecular complexity index is 1670. The fourth-order valence-corrected chi connectivity index (χ4v) is 21.8. The first-order chi connectivity index (χ1) is 49.0. The van der Waals surface area contributed by atoms with E-state index in [9.17, 15) is 0 Å². The van der Waals surface area contributed by atoms with Gasteiger partial charge in [-0.2, -0.15) is 0 Å². The first kappa shape index (κ1) is 122. The van der Waals surface area contributed by atoms with Crippen LogP contribution in [0.2, 0.25) is 0 Å². The molecule has 0 aromatic heterocycles. The monoisotopic (exact) mass is 1500 g/mol. The maximum Gasteiger partial charge on any atom is 0.0239 e. The molecule has 2 heterocycles. The maximum atomic E-state index is 3.56. The molecule has 106 heavy (non-hydrogen) atoms. The van der Waals surface area contributed by atoms with E-state index in [1.54, 1.807) is 0 Å². The summed E-state index contributed by atoms with van der Waals surface area (Å²) in [6.45, 7) is 122. The molecule has 8 fully saturated rings. The van der Waals surface area contributed by atoms with E-state index in [0.717, 1.165) is 81.8 Å². The summed E-state index contributed by atoms with van der Waals surface area (Å²) in [7, 11) is 0. The fourth-order valence-electron chi connectivity index (χ4n) is 21.8. The van der Waals surface area contributed by atoms with Crippen molar-refractivity contribution >= 4 is 0 Å². The molecule has 652 valence electrons. The van der Waals surface area contributed by atoms with Crippen molar-refractivity contribution in [2.24, 2.45) is 131 Å². The first-order valence-corrected chi connectivity index (χ1v) is 48.4. The van der Waals surface area contributed by atoms with Crippen LogP contribution < -0.4 is 10.6 Å². The van der Waals surface area contributed by atoms with E-state index in [2.05, 4.69) is 260 Å². The molecule has 0 atom stereocenters. The van der Waals surface area contributed by atoms with Crippen LogP contribution in [0, 0.1) is 131 Å². The summed E-state index contributed by atoms with van der Waals surface area (Å²) < 4.78 is 0. The molecule has 2 N–H and O–H groups in total. The third-order valence-corrected chi connectivity index (χ3v) is 30.1. The second-order valence-electron chi connectivity index (χ2n) is 40.7. The second kappa shape index (κ2) is 59.6. The van der Waals surface area contributed by atoms with E-state index in [4.69, 9.17) is 0 Å². The van der Waals surface area contributed by atoms with Gasteiger partial charge in [-0.25, -0.2) is 0 Å². The minimum absolute atomic E-state index is 0.440. The number of rotatable bonds is 12. The SMILES string of the molecule is CC.CC.CC.CC.CC.CC.CC.CC.CC(C)(C)C1(C(C)(C)C)CCCCCC1.CC(C)C1(C(C)(C)C)CC1.CC(C)C1(C(C)(C)C)CCCCC1.CC(C)C1(C(C)C)CCC1.CC(C)C1(C(C)C)CCC1.CC(C)C1(C(C)C)CCCC1.CC(C)C1(C(C)C)CCN1.CC(C)C1(C(C)C)CCNC1. The van der Waals surface area contributed by atoms with Crippen molar-refractivity contribution in [3.05, 3.63) is 0 Å². The number of hydrogen-bond acceptors (Lipinski definition) is 2. The average Bonchev–Trinajstić information content (AvgIpc) is 1.55. The zero-order valence-electron chi connectivity index (χ0n) is 85.7. The highest BCUT2D eigenvalue weighted by atomic mass is 15.1. The molecule has 2 saturated heterocycles. The molecule has 0 amide bonds. The Morgan fingerprint density at radius 2 is 0.415 bits per heavy atom. The third kappa shape index (κ3) is 35.6. The average molecular weight is 1500 g/mol. The Labute approximate surface area is 682 Å². The van der Waals surface area contributed by atoms with E-state index in [1.165, 1.54) is 180 Å². The molecule has 2 aliphatic heterocycles. The predicted octanol–water partition coefficient (Wildman–Crippen LogP) is 36.8. The van der Waals surface area contributed by atoms with Crippen molar-refractivity contribution in [1.82, 2.24) is 10.6 Å². The van der Waals surface area contributed by atoms with Gasteiger partial charge in [-0.05, 0) is 234 Å². The van der Waals surface area contributed by atoms with Crippen LogP contribution in [0.1, 0.15) is 521 Å². The van der Waals surface area contributed by atoms with Gasteiger partial charge < -0.3 is 10.6 Å². The highest BCUT2D eigenvalue weighted by molar-refractivity contribution is 5.04. The lowest BCUT2D eigenvalue weighted by molar-refractivity contribution is -0.0462. The van der Waals surface area contributed by atoms with Gasteiger partial charge in [0.05, 0.1) is 0 Å². The molecular formula is C104H226N2. The van der Waals surface area contributed by atoms with Crippen LogP contribution in [0.3, 0.4) is 0 Å². The van der Waals surface area contributed by atoms with Crippen molar-refractivity contribution in [2.75, 3.05) is 19.6 Å². The lowest BCUT2D eigenvalue weighted by atomic mass is 9.51. The van der Waals surface area contributed by atoms with Gasteiger partial charge in [-0.3, -0.25) is 0 Å². The minimum atomic E-state index is 0.440. The molecule has 6 saturated carbocycles. The maximum absolute atomic E-state index is 3.56. The van der Waals surface area contributed by atoms with Crippen LogP contribution in [0.4, 0.5) is 0 Å². The standard InChI is InChI=1S/C15H30.C13H26.C11H22.C10H21N.3C10H20.C9H19N.8C2H6/c1-13(2,3)15(14(4,5)6)11-9-7-8-10-12-15;1-11(2)13(12(3,4)5)9-7-6-8-10-13;1-9(2)11(10(3)4)7-5-6-8-11;1-8(2)10(9(3)4)5-6-11-7-10;1-8(2)10(6-7-10)9(3,4)5;2*1-8(2)10(9(3)4)6-5-7-10;1-7(2)9(8(3)4)5-6-10-9;8*1-2/h7-12H2,1-6H3;11H,6-10H2,1-5H3;9-10H,5-8H2,1-4H3;8-9,11H,5-7H2,1-4H3;8H,6-7H2,1-5H3;2*8-9H,5-7H2,1-4H3;7-8,10H,5-6H2,1-4H3;8*1-2H3. The Morgan fingerprint density at radius 1 is 0.198 bits per heavy atom. The van der Waals surface area contributed by atoms with Crippen LogP contribution in [-0.2, 0) is 0 Å². The summed E-state index contributed by atoms with van der Waals surface area (Å²) in [6, 6.07) is 0. The highest BCUT2D eigenvalue weighted by Crippen LogP contribution is 2.63. The van der Waals surface area contributed by atoms with Gasteiger partial charge in [-0.1, -0.05) is 431 Å². The predicted molar refractivity (Wildman–Crippen MR) is 503 cm³/mol. The molecule has 0 aromatic rings. The quantitative estimate of drug-likeness (QED) is 0.190. The summed E-state index contributed by atoms with van der Waals surface area (Å²) in [6.07, 6.45) is 36.3. The molecule has 8 rings (SSSR count). The lowest BCUT2D eigenvalue weighted by Gasteiger charge is -2.54. The van der Waals surface area contributed by atoms with E-state index in [-0.39, 0.29) is 0 Å². The normalized spacial score (nSPS) is 20.4. The van der Waals surface area contributed by atoms with E-state index < -0.39 is 0 Å². The zero-order chi connectivity index (χ0) is 86.1. The van der Waals surface area contributed by atoms with Crippen molar-refractivity contribution < 1.29 is 0 Å². The Morgan fingerprint density at radius 3 is 0.519 bits per heavy atom. The Kier molecular flexibility index (Phi) is 68.3. The smallest absolute Gasteiger partial charge is 0.0239 e. The fraction of sp³-hybridized carbons (Fsp3) is 1.00. The Balaban J connectivity index is -0.000000168. The van der Waals surface area contributed by atoms with Crippen LogP contribution in [0.25, 0.3) is 0 Å². The molecule has 0 radical (unpaired) electrons.